The van der Waals surface area contributed by atoms with Crippen LogP contribution in [0.25, 0.3) is 0 Å². The average Bonchev–Trinajstić information content (AvgIpc) is 3.14. The zero-order valence-electron chi connectivity index (χ0n) is 16.3. The molecular formula is C18H26F3IN4O3. The fourth-order valence-electron chi connectivity index (χ4n) is 2.50. The quantitative estimate of drug-likeness (QED) is 0.322. The number of carbonyl (C=O) groups is 1. The largest absolute Gasteiger partial charge is 0.573 e. The van der Waals surface area contributed by atoms with Crippen LogP contribution >= 0.6 is 24.0 Å². The number of carbonyl (C=O) groups excluding carboxylic acids is 1. The third-order valence-corrected chi connectivity index (χ3v) is 4.09. The molecule has 1 unspecified atom stereocenters. The Kier molecular flexibility index (Phi) is 10.5. The summed E-state index contributed by atoms with van der Waals surface area (Å²) in [5.41, 5.74) is 0.282. The van der Waals surface area contributed by atoms with E-state index in [1.807, 2.05) is 0 Å². The van der Waals surface area contributed by atoms with Gasteiger partial charge in [-0.1, -0.05) is 18.2 Å². The van der Waals surface area contributed by atoms with E-state index < -0.39 is 6.36 Å². The Morgan fingerprint density at radius 1 is 1.31 bits per heavy atom. The summed E-state index contributed by atoms with van der Waals surface area (Å²) in [7, 11) is 3.27. The molecule has 0 radical (unpaired) electrons. The molecule has 1 fully saturated rings. The number of halogens is 4. The second kappa shape index (κ2) is 12.1. The highest BCUT2D eigenvalue weighted by Gasteiger charge is 2.31. The lowest BCUT2D eigenvalue weighted by molar-refractivity contribution is -0.274. The van der Waals surface area contributed by atoms with Crippen molar-refractivity contribution in [1.29, 1.82) is 0 Å². The van der Waals surface area contributed by atoms with Crippen molar-refractivity contribution in [3.63, 3.8) is 0 Å². The van der Waals surface area contributed by atoms with Crippen molar-refractivity contribution < 1.29 is 27.4 Å². The number of nitrogens with zero attached hydrogens (tertiary/aromatic N) is 2. The number of rotatable bonds is 7. The number of hydrogen-bond donors (Lipinski definition) is 2. The van der Waals surface area contributed by atoms with Crippen LogP contribution in [0.2, 0.25) is 0 Å². The Morgan fingerprint density at radius 2 is 2.03 bits per heavy atom. The van der Waals surface area contributed by atoms with E-state index in [2.05, 4.69) is 20.4 Å². The van der Waals surface area contributed by atoms with Gasteiger partial charge >= 0.3 is 6.36 Å². The Labute approximate surface area is 185 Å². The molecule has 2 rings (SSSR count). The summed E-state index contributed by atoms with van der Waals surface area (Å²) in [6.07, 6.45) is -3.86. The first-order chi connectivity index (χ1) is 13.2. The van der Waals surface area contributed by atoms with Crippen LogP contribution in [0.15, 0.2) is 29.3 Å². The predicted molar refractivity (Wildman–Crippen MR) is 113 cm³/mol. The van der Waals surface area contributed by atoms with Crippen LogP contribution in [0.3, 0.4) is 0 Å². The molecule has 1 amide bonds. The van der Waals surface area contributed by atoms with Gasteiger partial charge in [-0.25, -0.2) is 4.99 Å². The summed E-state index contributed by atoms with van der Waals surface area (Å²) in [4.78, 5) is 17.6. The lowest BCUT2D eigenvalue weighted by Gasteiger charge is -2.17. The van der Waals surface area contributed by atoms with Crippen LogP contribution in [0, 0.1) is 5.92 Å². The predicted octanol–water partition coefficient (Wildman–Crippen LogP) is 2.36. The van der Waals surface area contributed by atoms with Crippen molar-refractivity contribution in [3.8, 4) is 5.75 Å². The van der Waals surface area contributed by atoms with Crippen molar-refractivity contribution in [2.45, 2.75) is 19.3 Å². The molecule has 29 heavy (non-hydrogen) atoms. The van der Waals surface area contributed by atoms with Crippen LogP contribution < -0.4 is 15.4 Å². The summed E-state index contributed by atoms with van der Waals surface area (Å²) in [5, 5.41) is 6.03. The lowest BCUT2D eigenvalue weighted by atomic mass is 10.1. The van der Waals surface area contributed by atoms with Gasteiger partial charge in [-0.2, -0.15) is 0 Å². The molecule has 2 N–H and O–H groups in total. The van der Waals surface area contributed by atoms with Gasteiger partial charge in [0.2, 0.25) is 5.91 Å². The highest BCUT2D eigenvalue weighted by atomic mass is 127. The maximum Gasteiger partial charge on any atom is 0.573 e. The van der Waals surface area contributed by atoms with Gasteiger partial charge in [0.1, 0.15) is 5.75 Å². The monoisotopic (exact) mass is 530 g/mol. The van der Waals surface area contributed by atoms with Crippen molar-refractivity contribution in [2.24, 2.45) is 10.9 Å². The molecule has 1 saturated heterocycles. The molecule has 1 aromatic carbocycles. The van der Waals surface area contributed by atoms with Crippen molar-refractivity contribution in [1.82, 2.24) is 15.5 Å². The van der Waals surface area contributed by atoms with Gasteiger partial charge in [0.25, 0.3) is 0 Å². The fourth-order valence-corrected chi connectivity index (χ4v) is 2.50. The number of alkyl halides is 3. The normalized spacial score (nSPS) is 16.7. The van der Waals surface area contributed by atoms with Gasteiger partial charge in [0, 0.05) is 38.7 Å². The second-order valence-electron chi connectivity index (χ2n) is 6.57. The topological polar surface area (TPSA) is 75.2 Å². The van der Waals surface area contributed by atoms with E-state index in [4.69, 9.17) is 4.74 Å². The fraction of sp³-hybridized carbons (Fsp3) is 0.556. The zero-order valence-corrected chi connectivity index (χ0v) is 18.6. The number of para-hydroxylation sites is 1. The molecular weight excluding hydrogens is 504 g/mol. The third kappa shape index (κ3) is 9.52. The molecule has 1 aromatic rings. The summed E-state index contributed by atoms with van der Waals surface area (Å²) in [6.45, 7) is 1.90. The molecule has 1 heterocycles. The van der Waals surface area contributed by atoms with Gasteiger partial charge in [-0.15, -0.1) is 37.1 Å². The van der Waals surface area contributed by atoms with Crippen molar-refractivity contribution in [3.05, 3.63) is 29.8 Å². The first kappa shape index (κ1) is 25.3. The van der Waals surface area contributed by atoms with E-state index >= 15 is 0 Å². The van der Waals surface area contributed by atoms with Crippen molar-refractivity contribution in [2.75, 3.05) is 40.4 Å². The second-order valence-corrected chi connectivity index (χ2v) is 6.57. The van der Waals surface area contributed by atoms with Gasteiger partial charge < -0.3 is 25.0 Å². The van der Waals surface area contributed by atoms with Crippen LogP contribution in [0.4, 0.5) is 13.2 Å². The molecule has 164 valence electrons. The Morgan fingerprint density at radius 3 is 2.66 bits per heavy atom. The minimum absolute atomic E-state index is 0. The first-order valence-electron chi connectivity index (χ1n) is 8.88. The number of likely N-dealkylation sites (N-methyl/N-ethyl adjacent to an activating group) is 1. The van der Waals surface area contributed by atoms with E-state index in [-0.39, 0.29) is 54.3 Å². The van der Waals surface area contributed by atoms with Crippen LogP contribution in [0.5, 0.6) is 5.75 Å². The number of aliphatic imine (C=N–C) groups is 1. The average molecular weight is 530 g/mol. The van der Waals surface area contributed by atoms with Gasteiger partial charge in [0.05, 0.1) is 19.7 Å². The number of hydrogen-bond acceptors (Lipinski definition) is 4. The summed E-state index contributed by atoms with van der Waals surface area (Å²) in [6, 6.07) is 5.82. The maximum absolute atomic E-state index is 12.6. The highest BCUT2D eigenvalue weighted by molar-refractivity contribution is 14.0. The standard InChI is InChI=1S/C18H25F3N4O3.HI/c1-25(2)16(26)11-24-17(22-9-13-7-8-27-12-13)23-10-14-5-3-4-6-15(14)28-18(19,20)21;/h3-6,13H,7-12H2,1-2H3,(H2,22,23,24);1H. The van der Waals surface area contributed by atoms with Gasteiger partial charge in [0.15, 0.2) is 5.96 Å². The number of ether oxygens (including phenoxy) is 2. The lowest BCUT2D eigenvalue weighted by Crippen LogP contribution is -2.44. The smallest absolute Gasteiger partial charge is 0.405 e. The van der Waals surface area contributed by atoms with E-state index in [1.165, 1.54) is 23.1 Å². The van der Waals surface area contributed by atoms with E-state index in [9.17, 15) is 18.0 Å². The van der Waals surface area contributed by atoms with Gasteiger partial charge in [-0.3, -0.25) is 4.79 Å². The zero-order chi connectivity index (χ0) is 20.6. The Hall–Kier alpha value is -1.76. The van der Waals surface area contributed by atoms with Gasteiger partial charge in [-0.05, 0) is 12.5 Å². The highest BCUT2D eigenvalue weighted by Crippen LogP contribution is 2.26. The van der Waals surface area contributed by atoms with Crippen LogP contribution in [-0.4, -0.2) is 63.5 Å². The van der Waals surface area contributed by atoms with Crippen molar-refractivity contribution >= 4 is 35.8 Å². The molecule has 0 spiro atoms. The van der Waals surface area contributed by atoms with E-state index in [1.54, 1.807) is 20.2 Å². The number of benzene rings is 1. The molecule has 1 atom stereocenters. The molecule has 0 saturated carbocycles. The SMILES string of the molecule is CN(C)C(=O)CNC(=NCc1ccccc1OC(F)(F)F)NCC1CCOC1.I. The van der Waals surface area contributed by atoms with Crippen LogP contribution in [0.1, 0.15) is 12.0 Å². The van der Waals surface area contributed by atoms with E-state index in [0.717, 1.165) is 6.42 Å². The molecule has 1 aliphatic heterocycles. The summed E-state index contributed by atoms with van der Waals surface area (Å²) < 4.78 is 47.1. The molecule has 1 aliphatic rings. The Balaban J connectivity index is 0.00000420. The molecule has 0 aromatic heterocycles. The number of nitrogens with one attached hydrogen (secondary N) is 2. The summed E-state index contributed by atoms with van der Waals surface area (Å²) >= 11 is 0. The molecule has 7 nitrogen and oxygen atoms in total. The Bertz CT molecular complexity index is 681. The molecule has 0 bridgehead atoms. The minimum atomic E-state index is -4.78. The minimum Gasteiger partial charge on any atom is -0.405 e. The molecule has 11 heteroatoms. The molecule has 0 aliphatic carbocycles. The van der Waals surface area contributed by atoms with E-state index in [0.29, 0.717) is 31.6 Å². The van der Waals surface area contributed by atoms with Crippen LogP contribution in [-0.2, 0) is 16.1 Å². The number of amides is 1. The maximum atomic E-state index is 12.6. The first-order valence-corrected chi connectivity index (χ1v) is 8.88. The number of guanidine groups is 1. The summed E-state index contributed by atoms with van der Waals surface area (Å²) in [5.74, 6) is 0.201. The third-order valence-electron chi connectivity index (χ3n) is 4.09.